The number of rotatable bonds is 7. The number of allylic oxidation sites excluding steroid dienone is 2. The van der Waals surface area contributed by atoms with Gasteiger partial charge in [0.2, 0.25) is 0 Å². The van der Waals surface area contributed by atoms with E-state index in [4.69, 9.17) is 5.73 Å². The van der Waals surface area contributed by atoms with Crippen LogP contribution in [0.2, 0.25) is 0 Å². The van der Waals surface area contributed by atoms with Crippen LogP contribution < -0.4 is 5.73 Å². The summed E-state index contributed by atoms with van der Waals surface area (Å²) >= 11 is 0. The fourth-order valence-electron chi connectivity index (χ4n) is 4.18. The summed E-state index contributed by atoms with van der Waals surface area (Å²) in [6.45, 7) is 4.59. The lowest BCUT2D eigenvalue weighted by atomic mass is 9.89. The van der Waals surface area contributed by atoms with Crippen molar-refractivity contribution in [3.05, 3.63) is 23.8 Å². The minimum Gasteiger partial charge on any atom is -0.392 e. The van der Waals surface area contributed by atoms with E-state index in [1.165, 1.54) is 5.57 Å². The lowest BCUT2D eigenvalue weighted by Gasteiger charge is -2.19. The number of unbranched alkanes of at least 4 members (excludes halogenated alkanes) is 1. The van der Waals surface area contributed by atoms with E-state index in [2.05, 4.69) is 24.0 Å². The fraction of sp³-hybridized carbons (Fsp3) is 0.714. The molecule has 2 aliphatic rings. The normalized spacial score (nSPS) is 33.5. The molecule has 2 fully saturated rings. The van der Waals surface area contributed by atoms with Crippen LogP contribution in [0.5, 0.6) is 0 Å². The van der Waals surface area contributed by atoms with Crippen LogP contribution in [0.25, 0.3) is 0 Å². The van der Waals surface area contributed by atoms with Crippen molar-refractivity contribution in [2.45, 2.75) is 64.6 Å². The van der Waals surface area contributed by atoms with Crippen molar-refractivity contribution in [1.82, 2.24) is 0 Å². The summed E-state index contributed by atoms with van der Waals surface area (Å²) in [7, 11) is 0. The van der Waals surface area contributed by atoms with E-state index in [1.54, 1.807) is 0 Å². The van der Waals surface area contributed by atoms with Crippen molar-refractivity contribution in [2.24, 2.45) is 29.4 Å². The van der Waals surface area contributed by atoms with E-state index in [-0.39, 0.29) is 17.9 Å². The summed E-state index contributed by atoms with van der Waals surface area (Å²) in [5.41, 5.74) is 7.10. The summed E-state index contributed by atoms with van der Waals surface area (Å²) < 4.78 is 0. The van der Waals surface area contributed by atoms with Gasteiger partial charge in [0.05, 0.1) is 12.2 Å². The zero-order valence-corrected chi connectivity index (χ0v) is 15.1. The van der Waals surface area contributed by atoms with Crippen molar-refractivity contribution in [1.29, 1.82) is 0 Å². The second-order valence-electron chi connectivity index (χ2n) is 7.49. The number of fused-ring (bicyclic) bond motifs is 1. The first-order valence-electron chi connectivity index (χ1n) is 9.38. The lowest BCUT2D eigenvalue weighted by molar-refractivity contribution is 0.137. The number of aliphatic hydroxyl groups is 2. The van der Waals surface area contributed by atoms with Gasteiger partial charge in [-0.2, -0.15) is 0 Å². The number of nitrogens with two attached hydrogens (primary N) is 1. The van der Waals surface area contributed by atoms with Gasteiger partial charge in [-0.05, 0) is 63.3 Å². The Morgan fingerprint density at radius 2 is 2.17 bits per heavy atom. The molecule has 0 unspecified atom stereocenters. The Hall–Kier alpha value is -1.08. The van der Waals surface area contributed by atoms with E-state index in [9.17, 15) is 10.2 Å². The van der Waals surface area contributed by atoms with E-state index in [1.807, 2.05) is 19.9 Å². The molecule has 0 heterocycles. The molecular formula is C21H33NO2. The van der Waals surface area contributed by atoms with Crippen LogP contribution in [0.1, 0.15) is 52.4 Å². The Labute approximate surface area is 147 Å². The van der Waals surface area contributed by atoms with Crippen molar-refractivity contribution in [2.75, 3.05) is 6.54 Å². The summed E-state index contributed by atoms with van der Waals surface area (Å²) in [5, 5.41) is 20.7. The first kappa shape index (κ1) is 19.2. The van der Waals surface area contributed by atoms with Crippen molar-refractivity contribution in [3.63, 3.8) is 0 Å². The molecule has 24 heavy (non-hydrogen) atoms. The molecule has 2 saturated carbocycles. The van der Waals surface area contributed by atoms with Gasteiger partial charge in [-0.3, -0.25) is 0 Å². The minimum absolute atomic E-state index is 0.123. The molecule has 0 bridgehead atoms. The maximum absolute atomic E-state index is 10.4. The quantitative estimate of drug-likeness (QED) is 0.382. The Morgan fingerprint density at radius 3 is 2.88 bits per heavy atom. The van der Waals surface area contributed by atoms with E-state index >= 15 is 0 Å². The Morgan fingerprint density at radius 1 is 1.38 bits per heavy atom. The predicted molar refractivity (Wildman–Crippen MR) is 99.1 cm³/mol. The van der Waals surface area contributed by atoms with Crippen LogP contribution in [0, 0.1) is 35.5 Å². The minimum atomic E-state index is -0.488. The van der Waals surface area contributed by atoms with Gasteiger partial charge in [0.25, 0.3) is 0 Å². The molecule has 0 saturated heterocycles. The SMILES string of the molecule is CC#CC[C@@H](C)[C@H](O)C=C[C@@H]1[C@H]2CC(=CCCCN)C[C@H]2C[C@H]1O. The molecule has 0 aromatic carbocycles. The zero-order chi connectivity index (χ0) is 17.5. The fourth-order valence-corrected chi connectivity index (χ4v) is 4.18. The zero-order valence-electron chi connectivity index (χ0n) is 15.1. The topological polar surface area (TPSA) is 66.5 Å². The molecule has 2 aliphatic carbocycles. The van der Waals surface area contributed by atoms with Gasteiger partial charge in [-0.1, -0.05) is 30.7 Å². The maximum atomic E-state index is 10.4. The Kier molecular flexibility index (Phi) is 7.55. The highest BCUT2D eigenvalue weighted by Crippen LogP contribution is 2.50. The second kappa shape index (κ2) is 9.42. The van der Waals surface area contributed by atoms with Crippen molar-refractivity contribution < 1.29 is 10.2 Å². The summed E-state index contributed by atoms with van der Waals surface area (Å²) in [4.78, 5) is 0. The second-order valence-corrected chi connectivity index (χ2v) is 7.49. The molecular weight excluding hydrogens is 298 g/mol. The molecule has 0 radical (unpaired) electrons. The highest BCUT2D eigenvalue weighted by molar-refractivity contribution is 5.18. The third-order valence-electron chi connectivity index (χ3n) is 5.67. The average Bonchev–Trinajstić information content (AvgIpc) is 3.07. The molecule has 134 valence electrons. The third kappa shape index (κ3) is 4.96. The van der Waals surface area contributed by atoms with Gasteiger partial charge in [0.1, 0.15) is 0 Å². The average molecular weight is 332 g/mol. The van der Waals surface area contributed by atoms with Crippen LogP contribution in [0.15, 0.2) is 23.8 Å². The van der Waals surface area contributed by atoms with Gasteiger partial charge in [0.15, 0.2) is 0 Å². The van der Waals surface area contributed by atoms with Crippen LogP contribution in [-0.4, -0.2) is 29.0 Å². The Balaban J connectivity index is 1.93. The molecule has 2 rings (SSSR count). The first-order valence-corrected chi connectivity index (χ1v) is 9.38. The monoisotopic (exact) mass is 331 g/mol. The largest absolute Gasteiger partial charge is 0.392 e. The van der Waals surface area contributed by atoms with Crippen LogP contribution in [-0.2, 0) is 0 Å². The first-order chi connectivity index (χ1) is 11.6. The smallest absolute Gasteiger partial charge is 0.0755 e. The van der Waals surface area contributed by atoms with Gasteiger partial charge >= 0.3 is 0 Å². The summed E-state index contributed by atoms with van der Waals surface area (Å²) in [6.07, 6.45) is 11.5. The van der Waals surface area contributed by atoms with E-state index in [0.29, 0.717) is 18.3 Å². The summed E-state index contributed by atoms with van der Waals surface area (Å²) in [5.74, 6) is 7.32. The summed E-state index contributed by atoms with van der Waals surface area (Å²) in [6, 6.07) is 0. The molecule has 0 aliphatic heterocycles. The third-order valence-corrected chi connectivity index (χ3v) is 5.67. The molecule has 6 atom stereocenters. The van der Waals surface area contributed by atoms with Gasteiger partial charge in [-0.25, -0.2) is 0 Å². The highest BCUT2D eigenvalue weighted by Gasteiger charge is 2.44. The standard InChI is InChI=1S/C21H33NO2/c1-3-4-7-15(2)20(23)10-9-18-19-13-16(8-5-6-11-22)12-17(19)14-21(18)24/h8-10,15,17-21,23-24H,5-7,11-14,22H2,1-2H3/t15-,17+,18-,19+,20-,21-/m1/s1. The molecule has 0 amide bonds. The number of hydrogen-bond donors (Lipinski definition) is 3. The number of hydrogen-bond acceptors (Lipinski definition) is 3. The highest BCUT2D eigenvalue weighted by atomic mass is 16.3. The molecule has 3 nitrogen and oxygen atoms in total. The molecule has 0 aromatic heterocycles. The molecule has 0 aromatic rings. The van der Waals surface area contributed by atoms with Crippen LogP contribution in [0.3, 0.4) is 0 Å². The van der Waals surface area contributed by atoms with Crippen LogP contribution >= 0.6 is 0 Å². The molecule has 4 N–H and O–H groups in total. The Bertz CT molecular complexity index is 514. The van der Waals surface area contributed by atoms with E-state index in [0.717, 1.165) is 38.6 Å². The van der Waals surface area contributed by atoms with Gasteiger partial charge < -0.3 is 15.9 Å². The molecule has 3 heteroatoms. The predicted octanol–water partition coefficient (Wildman–Crippen LogP) is 3.03. The van der Waals surface area contributed by atoms with Gasteiger partial charge in [-0.15, -0.1) is 11.8 Å². The van der Waals surface area contributed by atoms with Crippen molar-refractivity contribution in [3.8, 4) is 11.8 Å². The lowest BCUT2D eigenvalue weighted by Crippen LogP contribution is -2.19. The van der Waals surface area contributed by atoms with Crippen molar-refractivity contribution >= 4 is 0 Å². The van der Waals surface area contributed by atoms with Gasteiger partial charge in [0, 0.05) is 12.3 Å². The number of aliphatic hydroxyl groups excluding tert-OH is 2. The maximum Gasteiger partial charge on any atom is 0.0755 e. The van der Waals surface area contributed by atoms with Crippen LogP contribution in [0.4, 0.5) is 0 Å². The van der Waals surface area contributed by atoms with E-state index < -0.39 is 6.10 Å². The molecule has 0 spiro atoms.